The summed E-state index contributed by atoms with van der Waals surface area (Å²) in [5.74, 6) is 0. The standard InChI is InChI=1S/C11H15ClN2O2/c12-13-10-2-1-7-14(11(10)16)8-3-5-9(15)6-4-8/h1-2,7-9,13,15H,3-6H2/t8-,9-. The highest BCUT2D eigenvalue weighted by Gasteiger charge is 2.21. The summed E-state index contributed by atoms with van der Waals surface area (Å²) < 4.78 is 1.70. The Balaban J connectivity index is 2.24. The van der Waals surface area contributed by atoms with Crippen molar-refractivity contribution in [3.63, 3.8) is 0 Å². The van der Waals surface area contributed by atoms with Crippen LogP contribution in [-0.4, -0.2) is 15.8 Å². The van der Waals surface area contributed by atoms with Crippen LogP contribution in [0, 0.1) is 0 Å². The highest BCUT2D eigenvalue weighted by atomic mass is 35.5. The summed E-state index contributed by atoms with van der Waals surface area (Å²) in [7, 11) is 0. The fourth-order valence-corrected chi connectivity index (χ4v) is 2.35. The van der Waals surface area contributed by atoms with Crippen LogP contribution in [0.3, 0.4) is 0 Å². The summed E-state index contributed by atoms with van der Waals surface area (Å²) in [6, 6.07) is 3.64. The maximum Gasteiger partial charge on any atom is 0.275 e. The van der Waals surface area contributed by atoms with Crippen molar-refractivity contribution in [2.75, 3.05) is 4.84 Å². The minimum atomic E-state index is -0.207. The topological polar surface area (TPSA) is 54.3 Å². The lowest BCUT2D eigenvalue weighted by molar-refractivity contribution is 0.110. The lowest BCUT2D eigenvalue weighted by Crippen LogP contribution is -2.29. The molecule has 0 radical (unpaired) electrons. The zero-order valence-corrected chi connectivity index (χ0v) is 9.65. The van der Waals surface area contributed by atoms with E-state index in [0.717, 1.165) is 25.7 Å². The average Bonchev–Trinajstić information content (AvgIpc) is 2.31. The van der Waals surface area contributed by atoms with Crippen molar-refractivity contribution in [1.82, 2.24) is 4.57 Å². The number of hydrogen-bond donors (Lipinski definition) is 2. The fraction of sp³-hybridized carbons (Fsp3) is 0.545. The van der Waals surface area contributed by atoms with Gasteiger partial charge in [0, 0.05) is 24.0 Å². The highest BCUT2D eigenvalue weighted by molar-refractivity contribution is 6.23. The van der Waals surface area contributed by atoms with Crippen molar-refractivity contribution in [2.24, 2.45) is 0 Å². The van der Waals surface area contributed by atoms with Crippen molar-refractivity contribution in [3.8, 4) is 0 Å². The second-order valence-electron chi connectivity index (χ2n) is 4.19. The minimum Gasteiger partial charge on any atom is -0.393 e. The number of pyridine rings is 1. The molecule has 1 aromatic rings. The van der Waals surface area contributed by atoms with Gasteiger partial charge >= 0.3 is 0 Å². The Hall–Kier alpha value is -1.00. The molecule has 1 saturated carbocycles. The Bertz CT molecular complexity index is 411. The van der Waals surface area contributed by atoms with Gasteiger partial charge in [0.1, 0.15) is 5.69 Å². The number of aromatic nitrogens is 1. The first kappa shape index (κ1) is 11.5. The minimum absolute atomic E-state index is 0.0983. The maximum absolute atomic E-state index is 11.9. The Morgan fingerprint density at radius 1 is 1.38 bits per heavy atom. The molecule has 1 aliphatic carbocycles. The molecule has 2 rings (SSSR count). The molecule has 4 nitrogen and oxygen atoms in total. The van der Waals surface area contributed by atoms with Gasteiger partial charge in [-0.3, -0.25) is 9.63 Å². The van der Waals surface area contributed by atoms with Crippen LogP contribution < -0.4 is 10.4 Å². The molecule has 1 aromatic heterocycles. The molecule has 0 aromatic carbocycles. The van der Waals surface area contributed by atoms with E-state index >= 15 is 0 Å². The van der Waals surface area contributed by atoms with E-state index in [4.69, 9.17) is 11.8 Å². The number of nitrogens with one attached hydrogen (secondary N) is 1. The summed E-state index contributed by atoms with van der Waals surface area (Å²) in [6.07, 6.45) is 4.77. The van der Waals surface area contributed by atoms with Gasteiger partial charge < -0.3 is 9.67 Å². The Morgan fingerprint density at radius 2 is 2.06 bits per heavy atom. The summed E-state index contributed by atoms with van der Waals surface area (Å²) in [5, 5.41) is 9.42. The quantitative estimate of drug-likeness (QED) is 0.779. The summed E-state index contributed by atoms with van der Waals surface area (Å²) >= 11 is 5.46. The van der Waals surface area contributed by atoms with Gasteiger partial charge in [-0.05, 0) is 37.8 Å². The van der Waals surface area contributed by atoms with E-state index in [-0.39, 0.29) is 17.7 Å². The SMILES string of the molecule is O=c1c(NCl)cccn1[C@H]1CC[C@H](O)CC1. The van der Waals surface area contributed by atoms with Crippen molar-refractivity contribution < 1.29 is 5.11 Å². The number of nitrogens with zero attached hydrogens (tertiary/aromatic N) is 1. The fourth-order valence-electron chi connectivity index (χ4n) is 2.21. The summed E-state index contributed by atoms with van der Waals surface area (Å²) in [5.41, 5.74) is 0.300. The number of aliphatic hydroxyl groups is 1. The molecule has 0 atom stereocenters. The summed E-state index contributed by atoms with van der Waals surface area (Å²) in [6.45, 7) is 0. The molecule has 5 heteroatoms. The number of hydrogen-bond acceptors (Lipinski definition) is 3. The number of halogens is 1. The second kappa shape index (κ2) is 4.89. The van der Waals surface area contributed by atoms with Gasteiger partial charge in [-0.15, -0.1) is 0 Å². The molecule has 0 saturated heterocycles. The smallest absolute Gasteiger partial charge is 0.275 e. The van der Waals surface area contributed by atoms with Crippen LogP contribution in [0.25, 0.3) is 0 Å². The highest BCUT2D eigenvalue weighted by Crippen LogP contribution is 2.27. The molecule has 0 amide bonds. The molecule has 0 bridgehead atoms. The third kappa shape index (κ3) is 2.23. The van der Waals surface area contributed by atoms with Crippen LogP contribution in [0.15, 0.2) is 23.1 Å². The van der Waals surface area contributed by atoms with E-state index in [0.29, 0.717) is 5.69 Å². The zero-order valence-electron chi connectivity index (χ0n) is 8.90. The first-order valence-corrected chi connectivity index (χ1v) is 5.86. The maximum atomic E-state index is 11.9. The largest absolute Gasteiger partial charge is 0.393 e. The second-order valence-corrected chi connectivity index (χ2v) is 4.38. The van der Waals surface area contributed by atoms with E-state index in [1.165, 1.54) is 0 Å². The molecule has 0 spiro atoms. The van der Waals surface area contributed by atoms with Crippen LogP contribution in [0.4, 0.5) is 5.69 Å². The normalized spacial score (nSPS) is 25.4. The van der Waals surface area contributed by atoms with Crippen LogP contribution in [-0.2, 0) is 0 Å². The van der Waals surface area contributed by atoms with Crippen LogP contribution >= 0.6 is 11.8 Å². The molecule has 1 heterocycles. The number of anilines is 1. The number of rotatable bonds is 2. The Morgan fingerprint density at radius 3 is 2.69 bits per heavy atom. The van der Waals surface area contributed by atoms with Gasteiger partial charge in [0.05, 0.1) is 6.10 Å². The first-order chi connectivity index (χ1) is 7.72. The van der Waals surface area contributed by atoms with Crippen molar-refractivity contribution >= 4 is 17.5 Å². The molecule has 88 valence electrons. The monoisotopic (exact) mass is 242 g/mol. The predicted octanol–water partition coefficient (Wildman–Crippen LogP) is 1.89. The first-order valence-electron chi connectivity index (χ1n) is 5.48. The molecule has 2 N–H and O–H groups in total. The molecular formula is C11H15ClN2O2. The molecule has 1 aliphatic rings. The number of aliphatic hydroxyl groups excluding tert-OH is 1. The lowest BCUT2D eigenvalue weighted by atomic mass is 9.93. The Kier molecular flexibility index (Phi) is 3.51. The van der Waals surface area contributed by atoms with E-state index in [9.17, 15) is 9.90 Å². The molecule has 0 aliphatic heterocycles. The van der Waals surface area contributed by atoms with Gasteiger partial charge in [0.25, 0.3) is 5.56 Å². The van der Waals surface area contributed by atoms with Crippen molar-refractivity contribution in [2.45, 2.75) is 37.8 Å². The van der Waals surface area contributed by atoms with Crippen molar-refractivity contribution in [1.29, 1.82) is 0 Å². The molecular weight excluding hydrogens is 228 g/mol. The van der Waals surface area contributed by atoms with Gasteiger partial charge in [-0.1, -0.05) is 0 Å². The predicted molar refractivity (Wildman–Crippen MR) is 63.7 cm³/mol. The van der Waals surface area contributed by atoms with E-state index in [1.54, 1.807) is 22.9 Å². The van der Waals surface area contributed by atoms with E-state index in [1.807, 2.05) is 0 Å². The van der Waals surface area contributed by atoms with Gasteiger partial charge in [0.15, 0.2) is 0 Å². The third-order valence-electron chi connectivity index (χ3n) is 3.14. The molecule has 1 fully saturated rings. The third-order valence-corrected chi connectivity index (χ3v) is 3.34. The van der Waals surface area contributed by atoms with Gasteiger partial charge in [0.2, 0.25) is 0 Å². The average molecular weight is 243 g/mol. The lowest BCUT2D eigenvalue weighted by Gasteiger charge is -2.27. The van der Waals surface area contributed by atoms with Crippen LogP contribution in [0.5, 0.6) is 0 Å². The van der Waals surface area contributed by atoms with Gasteiger partial charge in [-0.25, -0.2) is 0 Å². The Labute approximate surface area is 99.0 Å². The molecule has 16 heavy (non-hydrogen) atoms. The van der Waals surface area contributed by atoms with Crippen LogP contribution in [0.2, 0.25) is 0 Å². The van der Waals surface area contributed by atoms with E-state index < -0.39 is 0 Å². The van der Waals surface area contributed by atoms with Crippen LogP contribution in [0.1, 0.15) is 31.7 Å². The van der Waals surface area contributed by atoms with Crippen molar-refractivity contribution in [3.05, 3.63) is 28.7 Å². The summed E-state index contributed by atoms with van der Waals surface area (Å²) in [4.78, 5) is 14.3. The van der Waals surface area contributed by atoms with Gasteiger partial charge in [-0.2, -0.15) is 0 Å². The zero-order chi connectivity index (χ0) is 11.5. The molecule has 0 unspecified atom stereocenters. The van der Waals surface area contributed by atoms with E-state index in [2.05, 4.69) is 4.84 Å².